The molecule has 0 saturated carbocycles. The molecule has 1 atom stereocenters. The Morgan fingerprint density at radius 2 is 1.79 bits per heavy atom. The first-order valence-corrected chi connectivity index (χ1v) is 6.42. The van der Waals surface area contributed by atoms with Gasteiger partial charge in [0.2, 0.25) is 0 Å². The van der Waals surface area contributed by atoms with E-state index in [9.17, 15) is 0 Å². The SMILES string of the molecule is COc1cccc(OC)c1C(NN)c1ccc(Br)o1. The molecular weight excluding hydrogens is 312 g/mol. The van der Waals surface area contributed by atoms with Crippen molar-refractivity contribution >= 4 is 15.9 Å². The highest BCUT2D eigenvalue weighted by molar-refractivity contribution is 9.10. The van der Waals surface area contributed by atoms with Gasteiger partial charge in [0.15, 0.2) is 4.67 Å². The molecule has 0 aliphatic rings. The fraction of sp³-hybridized carbons (Fsp3) is 0.231. The number of rotatable bonds is 5. The van der Waals surface area contributed by atoms with Crippen LogP contribution in [-0.2, 0) is 0 Å². The van der Waals surface area contributed by atoms with Crippen LogP contribution in [0.25, 0.3) is 0 Å². The molecule has 0 fully saturated rings. The van der Waals surface area contributed by atoms with Gasteiger partial charge in [0.05, 0.1) is 19.8 Å². The van der Waals surface area contributed by atoms with Crippen molar-refractivity contribution in [2.75, 3.05) is 14.2 Å². The summed E-state index contributed by atoms with van der Waals surface area (Å²) in [6.45, 7) is 0. The monoisotopic (exact) mass is 326 g/mol. The molecule has 0 amide bonds. The van der Waals surface area contributed by atoms with Crippen molar-refractivity contribution < 1.29 is 13.9 Å². The molecule has 0 aliphatic carbocycles. The fourth-order valence-corrected chi connectivity index (χ4v) is 2.27. The van der Waals surface area contributed by atoms with Crippen LogP contribution in [0.1, 0.15) is 17.4 Å². The maximum absolute atomic E-state index is 5.66. The van der Waals surface area contributed by atoms with E-state index >= 15 is 0 Å². The lowest BCUT2D eigenvalue weighted by atomic mass is 10.0. The molecule has 19 heavy (non-hydrogen) atoms. The van der Waals surface area contributed by atoms with Gasteiger partial charge in [-0.3, -0.25) is 5.84 Å². The van der Waals surface area contributed by atoms with Gasteiger partial charge in [-0.1, -0.05) is 6.07 Å². The van der Waals surface area contributed by atoms with Gasteiger partial charge in [-0.15, -0.1) is 0 Å². The molecule has 1 aromatic heterocycles. The van der Waals surface area contributed by atoms with Gasteiger partial charge in [0, 0.05) is 0 Å². The number of ether oxygens (including phenoxy) is 2. The number of hydrogen-bond acceptors (Lipinski definition) is 5. The first kappa shape index (κ1) is 13.9. The van der Waals surface area contributed by atoms with Gasteiger partial charge in [0.25, 0.3) is 0 Å². The quantitative estimate of drug-likeness (QED) is 0.653. The van der Waals surface area contributed by atoms with E-state index in [1.807, 2.05) is 30.3 Å². The van der Waals surface area contributed by atoms with E-state index in [-0.39, 0.29) is 6.04 Å². The third-order valence-corrected chi connectivity index (χ3v) is 3.23. The minimum Gasteiger partial charge on any atom is -0.496 e. The van der Waals surface area contributed by atoms with E-state index < -0.39 is 0 Å². The Kier molecular flexibility index (Phi) is 4.47. The third-order valence-electron chi connectivity index (χ3n) is 2.80. The van der Waals surface area contributed by atoms with Crippen LogP contribution < -0.4 is 20.7 Å². The second-order valence-electron chi connectivity index (χ2n) is 3.82. The van der Waals surface area contributed by atoms with Gasteiger partial charge < -0.3 is 13.9 Å². The van der Waals surface area contributed by atoms with E-state index in [1.165, 1.54) is 0 Å². The summed E-state index contributed by atoms with van der Waals surface area (Å²) in [7, 11) is 3.20. The molecule has 1 unspecified atom stereocenters. The van der Waals surface area contributed by atoms with E-state index in [2.05, 4.69) is 21.4 Å². The zero-order valence-corrected chi connectivity index (χ0v) is 12.2. The molecule has 1 heterocycles. The highest BCUT2D eigenvalue weighted by atomic mass is 79.9. The van der Waals surface area contributed by atoms with Crippen LogP contribution in [0.2, 0.25) is 0 Å². The zero-order chi connectivity index (χ0) is 13.8. The summed E-state index contributed by atoms with van der Waals surface area (Å²) in [6, 6.07) is 8.83. The second-order valence-corrected chi connectivity index (χ2v) is 4.60. The van der Waals surface area contributed by atoms with Crippen molar-refractivity contribution in [2.24, 2.45) is 5.84 Å². The summed E-state index contributed by atoms with van der Waals surface area (Å²) in [5.74, 6) is 7.67. The van der Waals surface area contributed by atoms with Crippen LogP contribution in [0.3, 0.4) is 0 Å². The fourth-order valence-electron chi connectivity index (χ4n) is 1.96. The lowest BCUT2D eigenvalue weighted by Crippen LogP contribution is -2.29. The first-order valence-electron chi connectivity index (χ1n) is 5.63. The molecular formula is C13H15BrN2O3. The summed E-state index contributed by atoms with van der Waals surface area (Å²) < 4.78 is 16.9. The van der Waals surface area contributed by atoms with Crippen LogP contribution in [0, 0.1) is 0 Å². The predicted octanol–water partition coefficient (Wildman–Crippen LogP) is 2.61. The minimum atomic E-state index is -0.364. The molecule has 2 aromatic rings. The molecule has 5 nitrogen and oxygen atoms in total. The highest BCUT2D eigenvalue weighted by Gasteiger charge is 2.24. The van der Waals surface area contributed by atoms with Gasteiger partial charge in [0.1, 0.15) is 23.3 Å². The van der Waals surface area contributed by atoms with Gasteiger partial charge in [-0.05, 0) is 40.2 Å². The molecule has 0 saturated heterocycles. The van der Waals surface area contributed by atoms with Crippen LogP contribution >= 0.6 is 15.9 Å². The Morgan fingerprint density at radius 3 is 2.21 bits per heavy atom. The molecule has 0 radical (unpaired) electrons. The number of nitrogens with two attached hydrogens (primary N) is 1. The first-order chi connectivity index (χ1) is 9.21. The van der Waals surface area contributed by atoms with Crippen molar-refractivity contribution in [1.82, 2.24) is 5.43 Å². The Hall–Kier alpha value is -1.50. The number of benzene rings is 1. The van der Waals surface area contributed by atoms with Crippen LogP contribution in [0.4, 0.5) is 0 Å². The van der Waals surface area contributed by atoms with Gasteiger partial charge >= 0.3 is 0 Å². The average molecular weight is 327 g/mol. The Balaban J connectivity index is 2.53. The summed E-state index contributed by atoms with van der Waals surface area (Å²) in [6.07, 6.45) is 0. The lowest BCUT2D eigenvalue weighted by Gasteiger charge is -2.19. The highest BCUT2D eigenvalue weighted by Crippen LogP contribution is 2.37. The molecule has 102 valence electrons. The molecule has 1 aromatic carbocycles. The topological polar surface area (TPSA) is 69.7 Å². The summed E-state index contributed by atoms with van der Waals surface area (Å²) in [4.78, 5) is 0. The molecule has 0 aliphatic heterocycles. The number of halogens is 1. The van der Waals surface area contributed by atoms with Crippen molar-refractivity contribution in [3.8, 4) is 11.5 Å². The Labute approximate surface area is 119 Å². The Bertz CT molecular complexity index is 534. The number of furan rings is 1. The van der Waals surface area contributed by atoms with E-state index in [1.54, 1.807) is 14.2 Å². The van der Waals surface area contributed by atoms with Gasteiger partial charge in [-0.25, -0.2) is 5.43 Å². The number of hydrogen-bond donors (Lipinski definition) is 2. The smallest absolute Gasteiger partial charge is 0.169 e. The maximum Gasteiger partial charge on any atom is 0.169 e. The van der Waals surface area contributed by atoms with E-state index in [0.29, 0.717) is 21.9 Å². The van der Waals surface area contributed by atoms with Crippen molar-refractivity contribution in [3.05, 3.63) is 46.3 Å². The molecule has 6 heteroatoms. The summed E-state index contributed by atoms with van der Waals surface area (Å²) in [5.41, 5.74) is 3.51. The van der Waals surface area contributed by atoms with E-state index in [4.69, 9.17) is 19.7 Å². The predicted molar refractivity (Wildman–Crippen MR) is 75.1 cm³/mol. The van der Waals surface area contributed by atoms with Gasteiger partial charge in [-0.2, -0.15) is 0 Å². The van der Waals surface area contributed by atoms with Crippen LogP contribution in [-0.4, -0.2) is 14.2 Å². The zero-order valence-electron chi connectivity index (χ0n) is 10.6. The molecule has 0 spiro atoms. The molecule has 2 rings (SSSR count). The van der Waals surface area contributed by atoms with Crippen molar-refractivity contribution in [3.63, 3.8) is 0 Å². The number of methoxy groups -OCH3 is 2. The average Bonchev–Trinajstić information content (AvgIpc) is 2.86. The second kappa shape index (κ2) is 6.10. The normalized spacial score (nSPS) is 12.2. The minimum absolute atomic E-state index is 0.364. The number of nitrogens with one attached hydrogen (secondary N) is 1. The summed E-state index contributed by atoms with van der Waals surface area (Å²) in [5, 5.41) is 0. The van der Waals surface area contributed by atoms with Crippen LogP contribution in [0.5, 0.6) is 11.5 Å². The van der Waals surface area contributed by atoms with E-state index in [0.717, 1.165) is 5.56 Å². The maximum atomic E-state index is 5.66. The summed E-state index contributed by atoms with van der Waals surface area (Å²) >= 11 is 3.28. The Morgan fingerprint density at radius 1 is 1.16 bits per heavy atom. The van der Waals surface area contributed by atoms with Crippen molar-refractivity contribution in [1.29, 1.82) is 0 Å². The number of hydrazine groups is 1. The molecule has 3 N–H and O–H groups in total. The molecule has 0 bridgehead atoms. The largest absolute Gasteiger partial charge is 0.496 e. The standard InChI is InChI=1S/C13H15BrN2O3/c1-17-8-4-3-5-9(18-2)12(8)13(16-15)10-6-7-11(14)19-10/h3-7,13,16H,15H2,1-2H3. The lowest BCUT2D eigenvalue weighted by molar-refractivity contribution is 0.364. The third kappa shape index (κ3) is 2.75. The van der Waals surface area contributed by atoms with Crippen LogP contribution in [0.15, 0.2) is 39.4 Å². The van der Waals surface area contributed by atoms with Crippen molar-refractivity contribution in [2.45, 2.75) is 6.04 Å².